The van der Waals surface area contributed by atoms with Crippen LogP contribution in [0.2, 0.25) is 0 Å². The Morgan fingerprint density at radius 1 is 0.941 bits per heavy atom. The Morgan fingerprint density at radius 3 is 2.47 bits per heavy atom. The lowest BCUT2D eigenvalue weighted by atomic mass is 9.93. The summed E-state index contributed by atoms with van der Waals surface area (Å²) in [4.78, 5) is 18.1. The summed E-state index contributed by atoms with van der Waals surface area (Å²) in [6.45, 7) is 4.54. The van der Waals surface area contributed by atoms with Gasteiger partial charge in [-0.2, -0.15) is 4.98 Å². The number of hydrogen-bond donors (Lipinski definition) is 4. The first-order valence-corrected chi connectivity index (χ1v) is 12.3. The number of hydrogen-bond acceptors (Lipinski definition) is 8. The van der Waals surface area contributed by atoms with Gasteiger partial charge < -0.3 is 21.1 Å². The quantitative estimate of drug-likeness (QED) is 0.316. The van der Waals surface area contributed by atoms with Crippen LogP contribution >= 0.6 is 0 Å². The molecule has 1 aliphatic rings. The van der Waals surface area contributed by atoms with Crippen LogP contribution in [0.3, 0.4) is 0 Å². The van der Waals surface area contributed by atoms with E-state index < -0.39 is 0 Å². The maximum absolute atomic E-state index is 9.86. The largest absolute Gasteiger partial charge is 0.393 e. The maximum atomic E-state index is 9.86. The molecular weight excluding hydrogens is 426 g/mol. The maximum Gasteiger partial charge on any atom is 0.224 e. The van der Waals surface area contributed by atoms with Gasteiger partial charge >= 0.3 is 0 Å². The predicted molar refractivity (Wildman–Crippen MR) is 135 cm³/mol. The summed E-state index contributed by atoms with van der Waals surface area (Å²) in [6.07, 6.45) is 12.9. The minimum absolute atomic E-state index is 0.185. The number of aliphatic hydroxyl groups excluding tert-OH is 1. The van der Waals surface area contributed by atoms with E-state index in [1.807, 2.05) is 30.6 Å². The number of pyridine rings is 2. The summed E-state index contributed by atoms with van der Waals surface area (Å²) in [7, 11) is 0. The fraction of sp³-hybridized carbons (Fsp3) is 0.462. The van der Waals surface area contributed by atoms with Crippen LogP contribution in [-0.4, -0.2) is 43.7 Å². The highest BCUT2D eigenvalue weighted by Gasteiger charge is 2.21. The monoisotopic (exact) mass is 461 g/mol. The van der Waals surface area contributed by atoms with E-state index in [0.717, 1.165) is 80.8 Å². The molecule has 3 heterocycles. The molecule has 0 bridgehead atoms. The second-order valence-electron chi connectivity index (χ2n) is 8.90. The van der Waals surface area contributed by atoms with Gasteiger partial charge in [-0.05, 0) is 61.4 Å². The number of rotatable bonds is 11. The summed E-state index contributed by atoms with van der Waals surface area (Å²) in [5.74, 6) is 1.43. The Hall–Kier alpha value is -3.10. The van der Waals surface area contributed by atoms with Gasteiger partial charge in [0.15, 0.2) is 0 Å². The molecule has 0 amide bonds. The summed E-state index contributed by atoms with van der Waals surface area (Å²) >= 11 is 0. The van der Waals surface area contributed by atoms with Crippen molar-refractivity contribution >= 4 is 11.8 Å². The number of nitrogens with one attached hydrogen (secondary N) is 3. The molecule has 0 radical (unpaired) electrons. The van der Waals surface area contributed by atoms with Crippen molar-refractivity contribution in [2.24, 2.45) is 0 Å². The van der Waals surface area contributed by atoms with Crippen molar-refractivity contribution in [2.45, 2.75) is 70.7 Å². The van der Waals surface area contributed by atoms with Crippen LogP contribution in [0.1, 0.15) is 56.6 Å². The standard InChI is InChI=1S/C26H35N7O/c1-2-3-12-29-26-31-18-23(25(33-26)32-21-5-7-22(34)8-6-21)24-9-4-20(17-30-24)16-28-15-19-10-13-27-14-11-19/h4,9-11,13-14,17-18,21-22,28,34H,2-3,5-8,12,15-16H2,1H3,(H2,29,31,32,33)/t21-,22-. The Morgan fingerprint density at radius 2 is 1.74 bits per heavy atom. The van der Waals surface area contributed by atoms with E-state index in [4.69, 9.17) is 9.97 Å². The van der Waals surface area contributed by atoms with Gasteiger partial charge in [-0.25, -0.2) is 4.98 Å². The van der Waals surface area contributed by atoms with E-state index in [-0.39, 0.29) is 12.1 Å². The van der Waals surface area contributed by atoms with Gasteiger partial charge in [-0.15, -0.1) is 0 Å². The fourth-order valence-electron chi connectivity index (χ4n) is 4.10. The Kier molecular flexibility index (Phi) is 8.76. The first-order chi connectivity index (χ1) is 16.7. The van der Waals surface area contributed by atoms with Crippen molar-refractivity contribution in [1.29, 1.82) is 0 Å². The summed E-state index contributed by atoms with van der Waals surface area (Å²) in [5.41, 5.74) is 4.06. The molecule has 0 atom stereocenters. The fourth-order valence-corrected chi connectivity index (χ4v) is 4.10. The summed E-state index contributed by atoms with van der Waals surface area (Å²) in [5, 5.41) is 20.2. The molecule has 3 aromatic rings. The van der Waals surface area contributed by atoms with Crippen molar-refractivity contribution in [2.75, 3.05) is 17.2 Å². The second kappa shape index (κ2) is 12.4. The third-order valence-electron chi connectivity index (χ3n) is 6.15. The third kappa shape index (κ3) is 6.95. The van der Waals surface area contributed by atoms with Crippen LogP contribution in [0.25, 0.3) is 11.3 Å². The van der Waals surface area contributed by atoms with Crippen LogP contribution < -0.4 is 16.0 Å². The van der Waals surface area contributed by atoms with E-state index in [9.17, 15) is 5.11 Å². The normalized spacial score (nSPS) is 17.9. The number of unbranched alkanes of at least 4 members (excludes halogenated alkanes) is 1. The molecule has 8 nitrogen and oxygen atoms in total. The Labute approximate surface area is 201 Å². The molecule has 3 aromatic heterocycles. The molecule has 1 fully saturated rings. The van der Waals surface area contributed by atoms with Gasteiger partial charge in [0.05, 0.1) is 17.4 Å². The van der Waals surface area contributed by atoms with Crippen molar-refractivity contribution in [3.63, 3.8) is 0 Å². The average molecular weight is 462 g/mol. The highest BCUT2D eigenvalue weighted by molar-refractivity contribution is 5.73. The van der Waals surface area contributed by atoms with Crippen molar-refractivity contribution in [3.8, 4) is 11.3 Å². The zero-order valence-corrected chi connectivity index (χ0v) is 19.9. The molecule has 0 spiro atoms. The van der Waals surface area contributed by atoms with E-state index >= 15 is 0 Å². The first-order valence-electron chi connectivity index (χ1n) is 12.3. The molecule has 8 heteroatoms. The lowest BCUT2D eigenvalue weighted by molar-refractivity contribution is 0.126. The van der Waals surface area contributed by atoms with E-state index in [1.54, 1.807) is 12.4 Å². The Balaban J connectivity index is 1.45. The number of aliphatic hydroxyl groups is 1. The molecule has 1 aliphatic carbocycles. The predicted octanol–water partition coefficient (Wildman–Crippen LogP) is 4.15. The zero-order valence-electron chi connectivity index (χ0n) is 19.9. The molecule has 0 unspecified atom stereocenters. The summed E-state index contributed by atoms with van der Waals surface area (Å²) < 4.78 is 0. The number of nitrogens with zero attached hydrogens (tertiary/aromatic N) is 4. The van der Waals surface area contributed by atoms with Crippen LogP contribution in [0.15, 0.2) is 49.1 Å². The minimum atomic E-state index is -0.185. The van der Waals surface area contributed by atoms with Gasteiger partial charge in [0.1, 0.15) is 5.82 Å². The molecule has 34 heavy (non-hydrogen) atoms. The van der Waals surface area contributed by atoms with Crippen molar-refractivity contribution in [1.82, 2.24) is 25.3 Å². The molecule has 180 valence electrons. The van der Waals surface area contributed by atoms with Gasteiger partial charge in [0.2, 0.25) is 5.95 Å². The molecule has 0 aromatic carbocycles. The highest BCUT2D eigenvalue weighted by Crippen LogP contribution is 2.29. The lowest BCUT2D eigenvalue weighted by Gasteiger charge is -2.27. The van der Waals surface area contributed by atoms with E-state index in [1.165, 1.54) is 5.56 Å². The zero-order chi connectivity index (χ0) is 23.6. The van der Waals surface area contributed by atoms with Crippen LogP contribution in [0, 0.1) is 0 Å². The van der Waals surface area contributed by atoms with Crippen molar-refractivity contribution < 1.29 is 5.11 Å². The number of aromatic nitrogens is 4. The smallest absolute Gasteiger partial charge is 0.224 e. The summed E-state index contributed by atoms with van der Waals surface area (Å²) in [6, 6.07) is 8.43. The van der Waals surface area contributed by atoms with E-state index in [0.29, 0.717) is 5.95 Å². The second-order valence-corrected chi connectivity index (χ2v) is 8.90. The topological polar surface area (TPSA) is 108 Å². The van der Waals surface area contributed by atoms with Gasteiger partial charge in [-0.1, -0.05) is 19.4 Å². The lowest BCUT2D eigenvalue weighted by Crippen LogP contribution is -2.29. The molecule has 4 N–H and O–H groups in total. The highest BCUT2D eigenvalue weighted by atomic mass is 16.3. The minimum Gasteiger partial charge on any atom is -0.393 e. The third-order valence-corrected chi connectivity index (χ3v) is 6.15. The number of anilines is 2. The molecule has 4 rings (SSSR count). The van der Waals surface area contributed by atoms with Crippen molar-refractivity contribution in [3.05, 3.63) is 60.2 Å². The van der Waals surface area contributed by atoms with Crippen LogP contribution in [-0.2, 0) is 13.1 Å². The van der Waals surface area contributed by atoms with Crippen LogP contribution in [0.4, 0.5) is 11.8 Å². The molecular formula is C26H35N7O. The van der Waals surface area contributed by atoms with Gasteiger partial charge in [-0.3, -0.25) is 9.97 Å². The first kappa shape index (κ1) is 24.0. The van der Waals surface area contributed by atoms with Gasteiger partial charge in [0.25, 0.3) is 0 Å². The SMILES string of the molecule is CCCCNc1ncc(-c2ccc(CNCc3ccncc3)cn2)c(N[C@H]2CC[C@H](O)CC2)n1. The van der Waals surface area contributed by atoms with Gasteiger partial charge in [0, 0.05) is 50.5 Å². The Bertz CT molecular complexity index is 1010. The van der Waals surface area contributed by atoms with E-state index in [2.05, 4.69) is 38.9 Å². The average Bonchev–Trinajstić information content (AvgIpc) is 2.87. The molecule has 0 aliphatic heterocycles. The molecule has 1 saturated carbocycles. The van der Waals surface area contributed by atoms with Crippen LogP contribution in [0.5, 0.6) is 0 Å². The molecule has 0 saturated heterocycles.